The van der Waals surface area contributed by atoms with Crippen molar-refractivity contribution in [3.8, 4) is 11.5 Å². The van der Waals surface area contributed by atoms with Gasteiger partial charge < -0.3 is 14.0 Å². The first-order chi connectivity index (χ1) is 14.5. The predicted octanol–water partition coefficient (Wildman–Crippen LogP) is 3.62. The van der Waals surface area contributed by atoms with Gasteiger partial charge in [-0.25, -0.2) is 8.42 Å². The van der Waals surface area contributed by atoms with Gasteiger partial charge in [0.25, 0.3) is 0 Å². The lowest BCUT2D eigenvalue weighted by atomic mass is 10.3. The number of rotatable bonds is 11. The summed E-state index contributed by atoms with van der Waals surface area (Å²) in [6, 6.07) is 15.7. The third kappa shape index (κ3) is 5.64. The first-order valence-electron chi connectivity index (χ1n) is 9.24. The highest BCUT2D eigenvalue weighted by molar-refractivity contribution is 7.99. The van der Waals surface area contributed by atoms with Gasteiger partial charge in [-0.2, -0.15) is 0 Å². The fourth-order valence-corrected chi connectivity index (χ4v) is 4.77. The molecule has 1 aromatic heterocycles. The minimum Gasteiger partial charge on any atom is -0.497 e. The van der Waals surface area contributed by atoms with Crippen molar-refractivity contribution in [1.82, 2.24) is 14.8 Å². The second-order valence-corrected chi connectivity index (χ2v) is 9.29. The van der Waals surface area contributed by atoms with Crippen molar-refractivity contribution in [3.05, 3.63) is 73.1 Å². The second kappa shape index (κ2) is 10.3. The summed E-state index contributed by atoms with van der Waals surface area (Å²) in [6.07, 6.45) is 1.69. The molecule has 0 bridgehead atoms. The Balaban J connectivity index is 1.63. The van der Waals surface area contributed by atoms with Crippen LogP contribution in [0.1, 0.15) is 5.82 Å². The van der Waals surface area contributed by atoms with Crippen molar-refractivity contribution in [3.63, 3.8) is 0 Å². The lowest BCUT2D eigenvalue weighted by Crippen LogP contribution is -2.11. The molecule has 30 heavy (non-hydrogen) atoms. The molecule has 1 heterocycles. The van der Waals surface area contributed by atoms with E-state index < -0.39 is 9.84 Å². The average molecular weight is 446 g/mol. The summed E-state index contributed by atoms with van der Waals surface area (Å²) in [7, 11) is -1.89. The van der Waals surface area contributed by atoms with Gasteiger partial charge in [-0.1, -0.05) is 36.0 Å². The number of nitrogens with zero attached hydrogens (tertiary/aromatic N) is 3. The van der Waals surface area contributed by atoms with E-state index in [1.54, 1.807) is 48.1 Å². The fourth-order valence-electron chi connectivity index (χ4n) is 2.69. The SMILES string of the molecule is C=CCn1c(CS(=O)(=O)c2ccccc2)nnc1SCCOc1ccc(OC)cc1. The molecule has 2 aromatic carbocycles. The number of hydrogen-bond acceptors (Lipinski definition) is 7. The Bertz CT molecular complexity index is 1070. The summed E-state index contributed by atoms with van der Waals surface area (Å²) in [5.74, 6) is 2.32. The normalized spacial score (nSPS) is 11.2. The first kappa shape index (κ1) is 21.9. The van der Waals surface area contributed by atoms with E-state index in [1.807, 2.05) is 24.3 Å². The number of sulfone groups is 1. The van der Waals surface area contributed by atoms with Gasteiger partial charge in [0, 0.05) is 12.3 Å². The molecule has 0 aliphatic carbocycles. The molecular formula is C21H23N3O4S2. The largest absolute Gasteiger partial charge is 0.497 e. The van der Waals surface area contributed by atoms with Gasteiger partial charge in [0.1, 0.15) is 23.1 Å². The Labute approximate surface area is 180 Å². The Morgan fingerprint density at radius 3 is 2.43 bits per heavy atom. The summed E-state index contributed by atoms with van der Waals surface area (Å²) in [5.41, 5.74) is 0. The van der Waals surface area contributed by atoms with Gasteiger partial charge in [-0.15, -0.1) is 16.8 Å². The Morgan fingerprint density at radius 2 is 1.77 bits per heavy atom. The van der Waals surface area contributed by atoms with Gasteiger partial charge >= 0.3 is 0 Å². The van der Waals surface area contributed by atoms with E-state index in [9.17, 15) is 8.42 Å². The lowest BCUT2D eigenvalue weighted by Gasteiger charge is -2.09. The number of thioether (sulfide) groups is 1. The maximum atomic E-state index is 12.7. The summed E-state index contributed by atoms with van der Waals surface area (Å²) in [5, 5.41) is 8.91. The molecule has 0 amide bonds. The van der Waals surface area contributed by atoms with E-state index in [-0.39, 0.29) is 10.6 Å². The average Bonchev–Trinajstić information content (AvgIpc) is 3.13. The smallest absolute Gasteiger partial charge is 0.191 e. The molecular weight excluding hydrogens is 422 g/mol. The number of methoxy groups -OCH3 is 1. The first-order valence-corrected chi connectivity index (χ1v) is 11.9. The highest BCUT2D eigenvalue weighted by atomic mass is 32.2. The second-order valence-electron chi connectivity index (χ2n) is 6.24. The molecule has 0 aliphatic rings. The molecule has 0 aliphatic heterocycles. The van der Waals surface area contributed by atoms with Gasteiger partial charge in [-0.05, 0) is 36.4 Å². The van der Waals surface area contributed by atoms with Gasteiger partial charge in [0.15, 0.2) is 15.0 Å². The molecule has 0 spiro atoms. The van der Waals surface area contributed by atoms with Crippen LogP contribution in [-0.4, -0.2) is 42.7 Å². The molecule has 0 radical (unpaired) electrons. The Morgan fingerprint density at radius 1 is 1.07 bits per heavy atom. The quantitative estimate of drug-likeness (QED) is 0.253. The van der Waals surface area contributed by atoms with Crippen LogP contribution < -0.4 is 9.47 Å². The molecule has 0 saturated heterocycles. The highest BCUT2D eigenvalue weighted by Gasteiger charge is 2.21. The zero-order chi connectivity index (χ0) is 21.4. The van der Waals surface area contributed by atoms with Crippen LogP contribution in [0.15, 0.2) is 77.3 Å². The van der Waals surface area contributed by atoms with E-state index in [2.05, 4.69) is 16.8 Å². The summed E-state index contributed by atoms with van der Waals surface area (Å²) < 4.78 is 38.0. The van der Waals surface area contributed by atoms with Crippen LogP contribution >= 0.6 is 11.8 Å². The van der Waals surface area contributed by atoms with Crippen LogP contribution in [0.3, 0.4) is 0 Å². The number of aromatic nitrogens is 3. The van der Waals surface area contributed by atoms with Gasteiger partial charge in [0.2, 0.25) is 0 Å². The molecule has 7 nitrogen and oxygen atoms in total. The van der Waals surface area contributed by atoms with Crippen LogP contribution in [0, 0.1) is 0 Å². The molecule has 158 valence electrons. The van der Waals surface area contributed by atoms with Crippen LogP contribution in [0.4, 0.5) is 0 Å². The molecule has 3 rings (SSSR count). The minimum absolute atomic E-state index is 0.221. The third-order valence-corrected chi connectivity index (χ3v) is 6.73. The number of benzene rings is 2. The van der Waals surface area contributed by atoms with E-state index >= 15 is 0 Å². The Hall–Kier alpha value is -2.78. The highest BCUT2D eigenvalue weighted by Crippen LogP contribution is 2.22. The van der Waals surface area contributed by atoms with Crippen LogP contribution in [0.2, 0.25) is 0 Å². The van der Waals surface area contributed by atoms with E-state index in [0.29, 0.717) is 29.9 Å². The fraction of sp³-hybridized carbons (Fsp3) is 0.238. The minimum atomic E-state index is -3.51. The third-order valence-electron chi connectivity index (χ3n) is 4.17. The topological polar surface area (TPSA) is 83.3 Å². The molecule has 0 saturated carbocycles. The zero-order valence-electron chi connectivity index (χ0n) is 16.6. The van der Waals surface area contributed by atoms with Crippen LogP contribution in [-0.2, 0) is 22.1 Å². The number of hydrogen-bond donors (Lipinski definition) is 0. The molecule has 3 aromatic rings. The lowest BCUT2D eigenvalue weighted by molar-refractivity contribution is 0.342. The monoisotopic (exact) mass is 445 g/mol. The van der Waals surface area contributed by atoms with Crippen molar-refractivity contribution in [1.29, 1.82) is 0 Å². The number of allylic oxidation sites excluding steroid dienone is 1. The van der Waals surface area contributed by atoms with Crippen molar-refractivity contribution in [2.24, 2.45) is 0 Å². The maximum absolute atomic E-state index is 12.7. The molecule has 0 unspecified atom stereocenters. The van der Waals surface area contributed by atoms with Crippen molar-refractivity contribution >= 4 is 21.6 Å². The van der Waals surface area contributed by atoms with E-state index in [1.165, 1.54) is 11.8 Å². The van der Waals surface area contributed by atoms with Gasteiger partial charge in [-0.3, -0.25) is 0 Å². The van der Waals surface area contributed by atoms with Crippen LogP contribution in [0.5, 0.6) is 11.5 Å². The molecule has 9 heteroatoms. The number of ether oxygens (including phenoxy) is 2. The predicted molar refractivity (Wildman–Crippen MR) is 117 cm³/mol. The van der Waals surface area contributed by atoms with Crippen molar-refractivity contribution < 1.29 is 17.9 Å². The van der Waals surface area contributed by atoms with Crippen molar-refractivity contribution in [2.75, 3.05) is 19.5 Å². The van der Waals surface area contributed by atoms with Crippen molar-refractivity contribution in [2.45, 2.75) is 22.3 Å². The maximum Gasteiger partial charge on any atom is 0.191 e. The summed E-state index contributed by atoms with van der Waals surface area (Å²) in [4.78, 5) is 0.264. The van der Waals surface area contributed by atoms with Gasteiger partial charge in [0.05, 0.1) is 18.6 Å². The molecule has 0 fully saturated rings. The summed E-state index contributed by atoms with van der Waals surface area (Å²) in [6.45, 7) is 4.65. The van der Waals surface area contributed by atoms with Crippen LogP contribution in [0.25, 0.3) is 0 Å². The van der Waals surface area contributed by atoms with E-state index in [4.69, 9.17) is 9.47 Å². The Kier molecular flexibility index (Phi) is 7.53. The molecule has 0 atom stereocenters. The van der Waals surface area contributed by atoms with E-state index in [0.717, 1.165) is 11.5 Å². The molecule has 0 N–H and O–H groups in total. The zero-order valence-corrected chi connectivity index (χ0v) is 18.2. The standard InChI is InChI=1S/C21H23N3O4S2/c1-3-13-24-20(16-30(25,26)19-7-5-4-6-8-19)22-23-21(24)29-15-14-28-18-11-9-17(27-2)10-12-18/h3-12H,1,13-16H2,2H3. The summed E-state index contributed by atoms with van der Waals surface area (Å²) >= 11 is 1.45.